The highest BCUT2D eigenvalue weighted by molar-refractivity contribution is 5.99. The van der Waals surface area contributed by atoms with Crippen molar-refractivity contribution < 1.29 is 9.53 Å². The van der Waals surface area contributed by atoms with Gasteiger partial charge in [-0.05, 0) is 43.7 Å². The number of hydrogen-bond acceptors (Lipinski definition) is 4. The quantitative estimate of drug-likeness (QED) is 0.676. The van der Waals surface area contributed by atoms with Crippen molar-refractivity contribution in [1.29, 1.82) is 0 Å². The van der Waals surface area contributed by atoms with Crippen LogP contribution in [0.3, 0.4) is 0 Å². The van der Waals surface area contributed by atoms with E-state index in [4.69, 9.17) is 4.74 Å². The Morgan fingerprint density at radius 3 is 2.76 bits per heavy atom. The van der Waals surface area contributed by atoms with Gasteiger partial charge in [0.15, 0.2) is 6.61 Å². The number of pyridine rings is 1. The van der Waals surface area contributed by atoms with Gasteiger partial charge < -0.3 is 4.74 Å². The van der Waals surface area contributed by atoms with E-state index in [-0.39, 0.29) is 12.5 Å². The number of ether oxygens (including phenoxy) is 1. The van der Waals surface area contributed by atoms with Crippen molar-refractivity contribution in [3.05, 3.63) is 59.9 Å². The Morgan fingerprint density at radius 1 is 1.29 bits per heavy atom. The van der Waals surface area contributed by atoms with Gasteiger partial charge in [0.05, 0.1) is 5.71 Å². The molecule has 0 aliphatic heterocycles. The molecule has 0 saturated heterocycles. The van der Waals surface area contributed by atoms with Gasteiger partial charge >= 0.3 is 0 Å². The molecule has 1 N–H and O–H groups in total. The molecule has 2 aromatic rings. The zero-order chi connectivity index (χ0) is 15.1. The second kappa shape index (κ2) is 7.19. The molecule has 5 nitrogen and oxygen atoms in total. The summed E-state index contributed by atoms with van der Waals surface area (Å²) in [5, 5.41) is 4.03. The first kappa shape index (κ1) is 14.7. The fraction of sp³-hybridized carbons (Fsp3) is 0.188. The lowest BCUT2D eigenvalue weighted by molar-refractivity contribution is -0.123. The Morgan fingerprint density at radius 2 is 2.05 bits per heavy atom. The summed E-state index contributed by atoms with van der Waals surface area (Å²) in [5.74, 6) is 0.366. The van der Waals surface area contributed by atoms with Crippen LogP contribution in [0.25, 0.3) is 0 Å². The van der Waals surface area contributed by atoms with Gasteiger partial charge in [0.2, 0.25) is 0 Å². The van der Waals surface area contributed by atoms with Gasteiger partial charge in [-0.3, -0.25) is 9.78 Å². The molecule has 0 spiro atoms. The number of benzene rings is 1. The highest BCUT2D eigenvalue weighted by atomic mass is 16.5. The number of rotatable bonds is 5. The number of carbonyl (C=O) groups is 1. The van der Waals surface area contributed by atoms with Crippen LogP contribution in [0.4, 0.5) is 0 Å². The molecule has 0 fully saturated rings. The van der Waals surface area contributed by atoms with Crippen molar-refractivity contribution >= 4 is 11.6 Å². The van der Waals surface area contributed by atoms with E-state index in [0.717, 1.165) is 11.1 Å². The Balaban J connectivity index is 1.85. The lowest BCUT2D eigenvalue weighted by Gasteiger charge is -2.06. The van der Waals surface area contributed by atoms with Crippen LogP contribution in [-0.4, -0.2) is 23.2 Å². The molecular formula is C16H17N3O2. The summed E-state index contributed by atoms with van der Waals surface area (Å²) in [7, 11) is 0. The summed E-state index contributed by atoms with van der Waals surface area (Å²) >= 11 is 0. The minimum atomic E-state index is -0.301. The van der Waals surface area contributed by atoms with E-state index in [0.29, 0.717) is 11.5 Å². The van der Waals surface area contributed by atoms with Gasteiger partial charge in [0, 0.05) is 18.0 Å². The number of nitrogens with zero attached hydrogens (tertiary/aromatic N) is 2. The predicted molar refractivity (Wildman–Crippen MR) is 81.3 cm³/mol. The first-order valence-corrected chi connectivity index (χ1v) is 6.58. The molecule has 108 valence electrons. The van der Waals surface area contributed by atoms with Gasteiger partial charge in [0.1, 0.15) is 5.75 Å². The largest absolute Gasteiger partial charge is 0.484 e. The third-order valence-electron chi connectivity index (χ3n) is 2.81. The molecule has 1 aromatic carbocycles. The van der Waals surface area contributed by atoms with Crippen LogP contribution in [0, 0.1) is 6.92 Å². The topological polar surface area (TPSA) is 63.6 Å². The highest BCUT2D eigenvalue weighted by Crippen LogP contribution is 2.11. The van der Waals surface area contributed by atoms with E-state index < -0.39 is 0 Å². The molecular weight excluding hydrogens is 266 g/mol. The van der Waals surface area contributed by atoms with Crippen LogP contribution in [-0.2, 0) is 4.79 Å². The van der Waals surface area contributed by atoms with Crippen molar-refractivity contribution in [1.82, 2.24) is 10.4 Å². The molecule has 21 heavy (non-hydrogen) atoms. The second-order valence-electron chi connectivity index (χ2n) is 4.57. The van der Waals surface area contributed by atoms with Crippen molar-refractivity contribution in [2.24, 2.45) is 5.10 Å². The summed E-state index contributed by atoms with van der Waals surface area (Å²) in [6, 6.07) is 11.2. The zero-order valence-electron chi connectivity index (χ0n) is 12.0. The first-order chi connectivity index (χ1) is 10.1. The second-order valence-corrected chi connectivity index (χ2v) is 4.57. The molecule has 0 aliphatic rings. The first-order valence-electron chi connectivity index (χ1n) is 6.58. The third-order valence-corrected chi connectivity index (χ3v) is 2.81. The number of amides is 1. The van der Waals surface area contributed by atoms with Gasteiger partial charge in [-0.1, -0.05) is 12.1 Å². The Kier molecular flexibility index (Phi) is 5.04. The Hall–Kier alpha value is -2.69. The summed E-state index contributed by atoms with van der Waals surface area (Å²) in [6.07, 6.45) is 3.36. The molecule has 0 atom stereocenters. The van der Waals surface area contributed by atoms with Crippen molar-refractivity contribution in [2.75, 3.05) is 6.61 Å². The summed E-state index contributed by atoms with van der Waals surface area (Å²) in [6.45, 7) is 3.71. The van der Waals surface area contributed by atoms with Gasteiger partial charge in [-0.2, -0.15) is 5.10 Å². The molecule has 0 radical (unpaired) electrons. The van der Waals surface area contributed by atoms with E-state index in [1.165, 1.54) is 0 Å². The van der Waals surface area contributed by atoms with Crippen LogP contribution in [0.1, 0.15) is 18.1 Å². The lowest BCUT2D eigenvalue weighted by Crippen LogP contribution is -2.25. The van der Waals surface area contributed by atoms with Crippen LogP contribution in [0.5, 0.6) is 5.75 Å². The highest BCUT2D eigenvalue weighted by Gasteiger charge is 2.03. The van der Waals surface area contributed by atoms with E-state index in [1.54, 1.807) is 12.4 Å². The van der Waals surface area contributed by atoms with E-state index in [1.807, 2.05) is 50.2 Å². The number of aromatic nitrogens is 1. The molecule has 1 amide bonds. The number of carbonyl (C=O) groups excluding carboxylic acids is 1. The molecule has 0 saturated carbocycles. The van der Waals surface area contributed by atoms with Crippen molar-refractivity contribution in [2.45, 2.75) is 13.8 Å². The molecule has 1 heterocycles. The molecule has 0 aliphatic carbocycles. The SMILES string of the molecule is C/C(=N/NC(=O)COc1cccc(C)c1)c1ccncc1. The molecule has 0 unspecified atom stereocenters. The molecule has 0 bridgehead atoms. The Bertz CT molecular complexity index is 639. The monoisotopic (exact) mass is 283 g/mol. The summed E-state index contributed by atoms with van der Waals surface area (Å²) < 4.78 is 5.40. The van der Waals surface area contributed by atoms with Crippen LogP contribution >= 0.6 is 0 Å². The van der Waals surface area contributed by atoms with E-state index in [2.05, 4.69) is 15.5 Å². The number of hydrogen-bond donors (Lipinski definition) is 1. The normalized spacial score (nSPS) is 11.0. The van der Waals surface area contributed by atoms with Gasteiger partial charge in [-0.25, -0.2) is 5.43 Å². The standard InChI is InChI=1S/C16H17N3O2/c1-12-4-3-5-15(10-12)21-11-16(20)19-18-13(2)14-6-8-17-9-7-14/h3-10H,11H2,1-2H3,(H,19,20)/b18-13-. The zero-order valence-corrected chi connectivity index (χ0v) is 12.0. The molecule has 2 rings (SSSR count). The van der Waals surface area contributed by atoms with Crippen molar-refractivity contribution in [3.63, 3.8) is 0 Å². The molecule has 5 heteroatoms. The smallest absolute Gasteiger partial charge is 0.277 e. The van der Waals surface area contributed by atoms with Crippen LogP contribution in [0.2, 0.25) is 0 Å². The fourth-order valence-electron chi connectivity index (χ4n) is 1.69. The number of aryl methyl sites for hydroxylation is 1. The lowest BCUT2D eigenvalue weighted by atomic mass is 10.2. The minimum Gasteiger partial charge on any atom is -0.484 e. The summed E-state index contributed by atoms with van der Waals surface area (Å²) in [4.78, 5) is 15.6. The average Bonchev–Trinajstić information content (AvgIpc) is 2.51. The van der Waals surface area contributed by atoms with E-state index >= 15 is 0 Å². The third kappa shape index (κ3) is 4.72. The predicted octanol–water partition coefficient (Wildman–Crippen LogP) is 2.31. The number of hydrazone groups is 1. The fourth-order valence-corrected chi connectivity index (χ4v) is 1.69. The van der Waals surface area contributed by atoms with Crippen LogP contribution < -0.4 is 10.2 Å². The average molecular weight is 283 g/mol. The maximum Gasteiger partial charge on any atom is 0.277 e. The molecule has 1 aromatic heterocycles. The maximum atomic E-state index is 11.7. The van der Waals surface area contributed by atoms with Crippen LogP contribution in [0.15, 0.2) is 53.9 Å². The minimum absolute atomic E-state index is 0.0728. The van der Waals surface area contributed by atoms with Gasteiger partial charge in [0.25, 0.3) is 5.91 Å². The summed E-state index contributed by atoms with van der Waals surface area (Å²) in [5.41, 5.74) is 5.17. The maximum absolute atomic E-state index is 11.7. The Labute approximate surface area is 123 Å². The van der Waals surface area contributed by atoms with E-state index in [9.17, 15) is 4.79 Å². The van der Waals surface area contributed by atoms with Gasteiger partial charge in [-0.15, -0.1) is 0 Å². The number of nitrogens with one attached hydrogen (secondary N) is 1. The van der Waals surface area contributed by atoms with Crippen molar-refractivity contribution in [3.8, 4) is 5.75 Å².